The first-order valence-electron chi connectivity index (χ1n) is 9.19. The molecule has 1 aliphatic heterocycles. The van der Waals surface area contributed by atoms with Gasteiger partial charge < -0.3 is 19.9 Å². The summed E-state index contributed by atoms with van der Waals surface area (Å²) >= 11 is 0. The average molecular weight is 385 g/mol. The summed E-state index contributed by atoms with van der Waals surface area (Å²) in [6, 6.07) is 11.2. The third-order valence-corrected chi connectivity index (χ3v) is 5.05. The summed E-state index contributed by atoms with van der Waals surface area (Å²) in [6.07, 6.45) is 1.11. The van der Waals surface area contributed by atoms with Gasteiger partial charge in [0.2, 0.25) is 5.91 Å². The van der Waals surface area contributed by atoms with Crippen LogP contribution in [0.3, 0.4) is 0 Å². The summed E-state index contributed by atoms with van der Waals surface area (Å²) in [5.74, 6) is 0.111. The number of hydrogen-bond acceptors (Lipinski definition) is 3. The van der Waals surface area contributed by atoms with E-state index in [1.54, 1.807) is 19.1 Å². The van der Waals surface area contributed by atoms with Crippen molar-refractivity contribution >= 4 is 23.3 Å². The topological polar surface area (TPSA) is 61.9 Å². The Morgan fingerprint density at radius 2 is 2.04 bits per heavy atom. The van der Waals surface area contributed by atoms with Crippen LogP contribution in [0.15, 0.2) is 42.5 Å². The lowest BCUT2D eigenvalue weighted by atomic mass is 10.1. The molecule has 0 bridgehead atoms. The number of anilines is 2. The number of hydrogen-bond donors (Lipinski definition) is 1. The zero-order valence-electron chi connectivity index (χ0n) is 16.2. The average Bonchev–Trinajstić information content (AvgIpc) is 3.13. The standard InChI is InChI=1S/C21H24FN3O3/c1-14(16-7-4-5-8-19(16)28-3)24(2)21(27)23-15-10-11-17(22)18(13-15)25-12-6-9-20(25)26/h4-5,7-8,10-11,13-14H,6,9,12H2,1-3H3,(H,23,27). The summed E-state index contributed by atoms with van der Waals surface area (Å²) in [5, 5.41) is 2.78. The molecule has 28 heavy (non-hydrogen) atoms. The van der Waals surface area contributed by atoms with Gasteiger partial charge in [0.1, 0.15) is 11.6 Å². The van der Waals surface area contributed by atoms with Crippen LogP contribution in [0.1, 0.15) is 31.4 Å². The zero-order chi connectivity index (χ0) is 20.3. The van der Waals surface area contributed by atoms with Gasteiger partial charge in [-0.25, -0.2) is 9.18 Å². The molecule has 148 valence electrons. The molecule has 1 saturated heterocycles. The summed E-state index contributed by atoms with van der Waals surface area (Å²) < 4.78 is 19.6. The first-order valence-corrected chi connectivity index (χ1v) is 9.19. The normalized spacial score (nSPS) is 14.7. The van der Waals surface area contributed by atoms with Crippen molar-refractivity contribution in [2.24, 2.45) is 0 Å². The number of amides is 3. The molecule has 1 aliphatic rings. The van der Waals surface area contributed by atoms with Gasteiger partial charge in [-0.05, 0) is 37.6 Å². The van der Waals surface area contributed by atoms with Crippen LogP contribution in [0, 0.1) is 5.82 Å². The molecule has 0 aliphatic carbocycles. The van der Waals surface area contributed by atoms with Crippen LogP contribution in [0.4, 0.5) is 20.6 Å². The molecule has 1 N–H and O–H groups in total. The van der Waals surface area contributed by atoms with Crippen LogP contribution in [0.2, 0.25) is 0 Å². The zero-order valence-corrected chi connectivity index (χ0v) is 16.2. The molecule has 6 nitrogen and oxygen atoms in total. The lowest BCUT2D eigenvalue weighted by Crippen LogP contribution is -2.34. The smallest absolute Gasteiger partial charge is 0.322 e. The van der Waals surface area contributed by atoms with Crippen LogP contribution in [-0.4, -0.2) is 37.5 Å². The predicted molar refractivity (Wildman–Crippen MR) is 106 cm³/mol. The van der Waals surface area contributed by atoms with Gasteiger partial charge in [0.15, 0.2) is 0 Å². The van der Waals surface area contributed by atoms with Crippen molar-refractivity contribution in [1.82, 2.24) is 4.90 Å². The van der Waals surface area contributed by atoms with Crippen molar-refractivity contribution in [3.05, 3.63) is 53.8 Å². The summed E-state index contributed by atoms with van der Waals surface area (Å²) in [5.41, 5.74) is 1.51. The molecule has 2 aromatic rings. The number of rotatable bonds is 5. The predicted octanol–water partition coefficient (Wildman–Crippen LogP) is 4.19. The van der Waals surface area contributed by atoms with Gasteiger partial charge in [-0.3, -0.25) is 4.79 Å². The van der Waals surface area contributed by atoms with Gasteiger partial charge >= 0.3 is 6.03 Å². The fraction of sp³-hybridized carbons (Fsp3) is 0.333. The number of halogens is 1. The van der Waals surface area contributed by atoms with Crippen LogP contribution >= 0.6 is 0 Å². The molecule has 0 spiro atoms. The van der Waals surface area contributed by atoms with E-state index in [2.05, 4.69) is 5.32 Å². The number of urea groups is 1. The van der Waals surface area contributed by atoms with Crippen molar-refractivity contribution in [2.45, 2.75) is 25.8 Å². The summed E-state index contributed by atoms with van der Waals surface area (Å²) in [7, 11) is 3.27. The number of benzene rings is 2. The Labute approximate surface area is 163 Å². The van der Waals surface area contributed by atoms with Crippen molar-refractivity contribution in [3.63, 3.8) is 0 Å². The first-order chi connectivity index (χ1) is 13.4. The van der Waals surface area contributed by atoms with E-state index in [4.69, 9.17) is 4.74 Å². The van der Waals surface area contributed by atoms with Gasteiger partial charge in [0.05, 0.1) is 18.8 Å². The highest BCUT2D eigenvalue weighted by Gasteiger charge is 2.25. The highest BCUT2D eigenvalue weighted by molar-refractivity contribution is 5.97. The second-order valence-electron chi connectivity index (χ2n) is 6.77. The number of methoxy groups -OCH3 is 1. The van der Waals surface area contributed by atoms with Crippen LogP contribution in [0.5, 0.6) is 5.75 Å². The van der Waals surface area contributed by atoms with E-state index in [9.17, 15) is 14.0 Å². The van der Waals surface area contributed by atoms with E-state index in [-0.39, 0.29) is 23.7 Å². The number of nitrogens with one attached hydrogen (secondary N) is 1. The lowest BCUT2D eigenvalue weighted by molar-refractivity contribution is -0.117. The fourth-order valence-corrected chi connectivity index (χ4v) is 3.31. The van der Waals surface area contributed by atoms with Crippen molar-refractivity contribution in [1.29, 1.82) is 0 Å². The van der Waals surface area contributed by atoms with Crippen LogP contribution < -0.4 is 15.0 Å². The van der Waals surface area contributed by atoms with Crippen molar-refractivity contribution in [2.75, 3.05) is 30.9 Å². The SMILES string of the molecule is COc1ccccc1C(C)N(C)C(=O)Nc1ccc(F)c(N2CCCC2=O)c1. The highest BCUT2D eigenvalue weighted by Crippen LogP contribution is 2.30. The second kappa shape index (κ2) is 8.29. The third kappa shape index (κ3) is 3.93. The molecule has 3 amide bonds. The number of carbonyl (C=O) groups is 2. The van der Waals surface area contributed by atoms with Gasteiger partial charge in [-0.2, -0.15) is 0 Å². The highest BCUT2D eigenvalue weighted by atomic mass is 19.1. The van der Waals surface area contributed by atoms with E-state index in [1.165, 1.54) is 23.1 Å². The fourth-order valence-electron chi connectivity index (χ4n) is 3.31. The van der Waals surface area contributed by atoms with Gasteiger partial charge in [-0.15, -0.1) is 0 Å². The molecule has 0 saturated carbocycles. The third-order valence-electron chi connectivity index (χ3n) is 5.05. The molecule has 3 rings (SSSR count). The molecule has 1 atom stereocenters. The quantitative estimate of drug-likeness (QED) is 0.840. The maximum absolute atomic E-state index is 14.2. The molecule has 0 radical (unpaired) electrons. The van der Waals surface area contributed by atoms with Crippen LogP contribution in [-0.2, 0) is 4.79 Å². The largest absolute Gasteiger partial charge is 0.496 e. The molecule has 1 unspecified atom stereocenters. The number of nitrogens with zero attached hydrogens (tertiary/aromatic N) is 2. The van der Waals surface area contributed by atoms with Crippen molar-refractivity contribution < 1.29 is 18.7 Å². The molecular weight excluding hydrogens is 361 g/mol. The van der Waals surface area contributed by atoms with E-state index >= 15 is 0 Å². The Kier molecular flexibility index (Phi) is 5.82. The lowest BCUT2D eigenvalue weighted by Gasteiger charge is -2.27. The minimum absolute atomic E-state index is 0.107. The van der Waals surface area contributed by atoms with Crippen LogP contribution in [0.25, 0.3) is 0 Å². The Bertz CT molecular complexity index is 887. The minimum Gasteiger partial charge on any atom is -0.496 e. The summed E-state index contributed by atoms with van der Waals surface area (Å²) in [6.45, 7) is 2.38. The number of carbonyl (C=O) groups excluding carboxylic acids is 2. The Balaban J connectivity index is 1.76. The maximum atomic E-state index is 14.2. The van der Waals surface area contributed by atoms with E-state index in [0.29, 0.717) is 30.8 Å². The second-order valence-corrected chi connectivity index (χ2v) is 6.77. The van der Waals surface area contributed by atoms with Gasteiger partial charge in [-0.1, -0.05) is 18.2 Å². The molecule has 7 heteroatoms. The maximum Gasteiger partial charge on any atom is 0.322 e. The molecule has 2 aromatic carbocycles. The van der Waals surface area contributed by atoms with Gasteiger partial charge in [0, 0.05) is 31.3 Å². The Morgan fingerprint density at radius 1 is 1.29 bits per heavy atom. The van der Waals surface area contributed by atoms with Crippen molar-refractivity contribution in [3.8, 4) is 5.75 Å². The minimum atomic E-state index is -0.482. The molecule has 0 aromatic heterocycles. The number of ether oxygens (including phenoxy) is 1. The first kappa shape index (κ1) is 19.7. The van der Waals surface area contributed by atoms with Gasteiger partial charge in [0.25, 0.3) is 0 Å². The monoisotopic (exact) mass is 385 g/mol. The Hall–Kier alpha value is -3.09. The molecule has 1 fully saturated rings. The molecule has 1 heterocycles. The molecular formula is C21H24FN3O3. The number of para-hydroxylation sites is 1. The van der Waals surface area contributed by atoms with E-state index in [0.717, 1.165) is 5.56 Å². The summed E-state index contributed by atoms with van der Waals surface area (Å²) in [4.78, 5) is 27.6. The Morgan fingerprint density at radius 3 is 2.71 bits per heavy atom. The van der Waals surface area contributed by atoms with E-state index in [1.807, 2.05) is 31.2 Å². The van der Waals surface area contributed by atoms with E-state index < -0.39 is 5.82 Å².